The zero-order valence-corrected chi connectivity index (χ0v) is 15.1. The summed E-state index contributed by atoms with van der Waals surface area (Å²) in [4.78, 5) is 12.1. The van der Waals surface area contributed by atoms with E-state index in [1.165, 1.54) is 0 Å². The van der Waals surface area contributed by atoms with Crippen molar-refractivity contribution in [2.45, 2.75) is 19.3 Å². The van der Waals surface area contributed by atoms with Crippen LogP contribution in [0.2, 0.25) is 0 Å². The highest BCUT2D eigenvalue weighted by Crippen LogP contribution is 2.35. The molecule has 0 saturated heterocycles. The number of methoxy groups -OCH3 is 3. The molecule has 0 heterocycles. The summed E-state index contributed by atoms with van der Waals surface area (Å²) in [5.74, 6) is 1.66. The highest BCUT2D eigenvalue weighted by molar-refractivity contribution is 5.71. The molecule has 0 radical (unpaired) electrons. The molecule has 25 heavy (non-hydrogen) atoms. The van der Waals surface area contributed by atoms with E-state index in [-0.39, 0.29) is 18.3 Å². The molecule has 1 atom stereocenters. The van der Waals surface area contributed by atoms with Crippen LogP contribution in [0.1, 0.15) is 30.4 Å². The molecule has 2 rings (SSSR count). The minimum Gasteiger partial charge on any atom is -0.497 e. The van der Waals surface area contributed by atoms with Crippen molar-refractivity contribution in [1.82, 2.24) is 0 Å². The number of esters is 1. The van der Waals surface area contributed by atoms with E-state index in [0.29, 0.717) is 18.1 Å². The molecule has 0 saturated carbocycles. The Morgan fingerprint density at radius 1 is 0.880 bits per heavy atom. The van der Waals surface area contributed by atoms with Crippen molar-refractivity contribution in [2.75, 3.05) is 27.9 Å². The van der Waals surface area contributed by atoms with Gasteiger partial charge in [0.05, 0.1) is 34.4 Å². The number of carbonyl (C=O) groups is 1. The topological polar surface area (TPSA) is 54.0 Å². The maximum Gasteiger partial charge on any atom is 0.306 e. The number of benzene rings is 2. The average Bonchev–Trinajstić information content (AvgIpc) is 2.66. The molecule has 0 aliphatic carbocycles. The van der Waals surface area contributed by atoms with Gasteiger partial charge in [-0.05, 0) is 42.3 Å². The second kappa shape index (κ2) is 8.97. The third-order valence-electron chi connectivity index (χ3n) is 4.00. The molecular formula is C20H24O5. The zero-order valence-electron chi connectivity index (χ0n) is 15.1. The van der Waals surface area contributed by atoms with E-state index in [1.54, 1.807) is 28.3 Å². The van der Waals surface area contributed by atoms with Gasteiger partial charge in [0.1, 0.15) is 5.75 Å². The maximum atomic E-state index is 12.1. The molecule has 134 valence electrons. The van der Waals surface area contributed by atoms with Crippen LogP contribution in [0.15, 0.2) is 42.5 Å². The third-order valence-corrected chi connectivity index (χ3v) is 4.00. The molecule has 1 unspecified atom stereocenters. The van der Waals surface area contributed by atoms with Gasteiger partial charge in [-0.15, -0.1) is 0 Å². The normalized spacial score (nSPS) is 11.5. The van der Waals surface area contributed by atoms with Crippen molar-refractivity contribution < 1.29 is 23.7 Å². The summed E-state index contributed by atoms with van der Waals surface area (Å²) < 4.78 is 21.0. The van der Waals surface area contributed by atoms with E-state index in [1.807, 2.05) is 42.5 Å². The van der Waals surface area contributed by atoms with Crippen molar-refractivity contribution in [3.63, 3.8) is 0 Å². The molecule has 0 amide bonds. The van der Waals surface area contributed by atoms with Crippen molar-refractivity contribution >= 4 is 5.97 Å². The van der Waals surface area contributed by atoms with Crippen LogP contribution in [0.25, 0.3) is 0 Å². The van der Waals surface area contributed by atoms with Gasteiger partial charge in [-0.1, -0.05) is 18.2 Å². The van der Waals surface area contributed by atoms with E-state index in [9.17, 15) is 4.79 Å². The van der Waals surface area contributed by atoms with Crippen molar-refractivity contribution in [3.05, 3.63) is 53.6 Å². The summed E-state index contributed by atoms with van der Waals surface area (Å²) in [5, 5.41) is 0. The second-order valence-electron chi connectivity index (χ2n) is 5.45. The second-order valence-corrected chi connectivity index (χ2v) is 5.45. The molecule has 0 spiro atoms. The monoisotopic (exact) mass is 344 g/mol. The van der Waals surface area contributed by atoms with Crippen LogP contribution < -0.4 is 14.2 Å². The van der Waals surface area contributed by atoms with Crippen molar-refractivity contribution in [3.8, 4) is 17.2 Å². The minimum absolute atomic E-state index is 0.148. The quantitative estimate of drug-likeness (QED) is 0.682. The summed E-state index contributed by atoms with van der Waals surface area (Å²) in [6, 6.07) is 13.4. The molecule has 5 nitrogen and oxygen atoms in total. The molecule has 2 aromatic rings. The van der Waals surface area contributed by atoms with Crippen molar-refractivity contribution in [1.29, 1.82) is 0 Å². The largest absolute Gasteiger partial charge is 0.497 e. The maximum absolute atomic E-state index is 12.1. The lowest BCUT2D eigenvalue weighted by atomic mass is 9.88. The first-order valence-electron chi connectivity index (χ1n) is 8.14. The molecule has 5 heteroatoms. The lowest BCUT2D eigenvalue weighted by Gasteiger charge is -2.19. The van der Waals surface area contributed by atoms with Crippen LogP contribution in [-0.2, 0) is 9.53 Å². The summed E-state index contributed by atoms with van der Waals surface area (Å²) >= 11 is 0. The summed E-state index contributed by atoms with van der Waals surface area (Å²) in [5.41, 5.74) is 1.96. The molecular weight excluding hydrogens is 320 g/mol. The first-order valence-corrected chi connectivity index (χ1v) is 8.14. The highest BCUT2D eigenvalue weighted by Gasteiger charge is 2.21. The average molecular weight is 344 g/mol. The number of hydrogen-bond donors (Lipinski definition) is 0. The van der Waals surface area contributed by atoms with Gasteiger partial charge < -0.3 is 18.9 Å². The van der Waals surface area contributed by atoms with Crippen LogP contribution in [0.5, 0.6) is 17.2 Å². The number of hydrogen-bond acceptors (Lipinski definition) is 5. The first-order chi connectivity index (χ1) is 12.1. The molecule has 2 aromatic carbocycles. The molecule has 0 N–H and O–H groups in total. The van der Waals surface area contributed by atoms with Crippen LogP contribution in [0, 0.1) is 0 Å². The molecule has 0 bridgehead atoms. The van der Waals surface area contributed by atoms with Crippen LogP contribution >= 0.6 is 0 Å². The zero-order chi connectivity index (χ0) is 18.2. The van der Waals surface area contributed by atoms with Gasteiger partial charge in [-0.25, -0.2) is 0 Å². The van der Waals surface area contributed by atoms with Gasteiger partial charge in [-0.2, -0.15) is 0 Å². The minimum atomic E-state index is -0.238. The Labute approximate surface area is 148 Å². The smallest absolute Gasteiger partial charge is 0.306 e. The van der Waals surface area contributed by atoms with E-state index >= 15 is 0 Å². The standard InChI is InChI=1S/C20H24O5/c1-5-25-20(21)13-17(14-6-9-16(22-2)10-7-14)15-8-11-18(23-3)19(12-15)24-4/h6-12,17H,5,13H2,1-4H3. The number of rotatable bonds is 8. The Kier molecular flexibility index (Phi) is 6.69. The van der Waals surface area contributed by atoms with Crippen LogP contribution in [-0.4, -0.2) is 33.9 Å². The molecule has 0 aliphatic heterocycles. The summed E-state index contributed by atoms with van der Waals surface area (Å²) in [6.45, 7) is 2.16. The van der Waals surface area contributed by atoms with E-state index in [4.69, 9.17) is 18.9 Å². The number of carbonyl (C=O) groups excluding carboxylic acids is 1. The van der Waals surface area contributed by atoms with Crippen molar-refractivity contribution in [2.24, 2.45) is 0 Å². The molecule has 0 aliphatic rings. The van der Waals surface area contributed by atoms with Gasteiger partial charge in [0.2, 0.25) is 0 Å². The Morgan fingerprint density at radius 2 is 1.52 bits per heavy atom. The Bertz CT molecular complexity index is 694. The number of ether oxygens (including phenoxy) is 4. The van der Waals surface area contributed by atoms with E-state index in [2.05, 4.69) is 0 Å². The van der Waals surface area contributed by atoms with Gasteiger partial charge >= 0.3 is 5.97 Å². The van der Waals surface area contributed by atoms with Gasteiger partial charge in [0.15, 0.2) is 11.5 Å². The van der Waals surface area contributed by atoms with Gasteiger partial charge in [0, 0.05) is 5.92 Å². The van der Waals surface area contributed by atoms with E-state index in [0.717, 1.165) is 16.9 Å². The SMILES string of the molecule is CCOC(=O)CC(c1ccc(OC)cc1)c1ccc(OC)c(OC)c1. The lowest BCUT2D eigenvalue weighted by molar-refractivity contribution is -0.143. The van der Waals surface area contributed by atoms with Crippen LogP contribution in [0.3, 0.4) is 0 Å². The Morgan fingerprint density at radius 3 is 2.08 bits per heavy atom. The predicted octanol–water partition coefficient (Wildman–Crippen LogP) is 3.80. The summed E-state index contributed by atoms with van der Waals surface area (Å²) in [6.07, 6.45) is 0.246. The predicted molar refractivity (Wildman–Crippen MR) is 95.6 cm³/mol. The van der Waals surface area contributed by atoms with Gasteiger partial charge in [-0.3, -0.25) is 4.79 Å². The fourth-order valence-corrected chi connectivity index (χ4v) is 2.72. The van der Waals surface area contributed by atoms with Gasteiger partial charge in [0.25, 0.3) is 0 Å². The third kappa shape index (κ3) is 4.66. The molecule has 0 aromatic heterocycles. The highest BCUT2D eigenvalue weighted by atomic mass is 16.5. The Hall–Kier alpha value is -2.69. The fraction of sp³-hybridized carbons (Fsp3) is 0.350. The van der Waals surface area contributed by atoms with Crippen LogP contribution in [0.4, 0.5) is 0 Å². The Balaban J connectivity index is 2.41. The fourth-order valence-electron chi connectivity index (χ4n) is 2.72. The lowest BCUT2D eigenvalue weighted by Crippen LogP contribution is -2.12. The summed E-state index contributed by atoms with van der Waals surface area (Å²) in [7, 11) is 4.81. The first kappa shape index (κ1) is 18.6. The molecule has 0 fully saturated rings. The van der Waals surface area contributed by atoms with E-state index < -0.39 is 0 Å².